The van der Waals surface area contributed by atoms with Crippen LogP contribution in [0.3, 0.4) is 0 Å². The van der Waals surface area contributed by atoms with Crippen LogP contribution in [-0.2, 0) is 11.2 Å². The Balaban J connectivity index is 1.50. The van der Waals surface area contributed by atoms with Crippen molar-refractivity contribution < 1.29 is 19.1 Å². The van der Waals surface area contributed by atoms with Gasteiger partial charge < -0.3 is 4.74 Å². The number of benzene rings is 2. The molecular weight excluding hydrogens is 318 g/mol. The molecule has 0 radical (unpaired) electrons. The van der Waals surface area contributed by atoms with Crippen LogP contribution in [-0.4, -0.2) is 36.3 Å². The molecule has 0 unspecified atom stereocenters. The van der Waals surface area contributed by atoms with Gasteiger partial charge in [0, 0.05) is 6.54 Å². The number of carbonyl (C=O) groups is 3. The number of ether oxygens (including phenoxy) is 1. The Morgan fingerprint density at radius 3 is 2.08 bits per heavy atom. The third-order valence-corrected chi connectivity index (χ3v) is 4.35. The first-order valence-electron chi connectivity index (χ1n) is 8.24. The molecule has 0 saturated heterocycles. The number of hydrogen-bond donors (Lipinski definition) is 0. The SMILES string of the molecule is COC(=O)c1ccc(CCCCN2C(=O)c3ccccc3C2=O)cc1. The first kappa shape index (κ1) is 16.9. The highest BCUT2D eigenvalue weighted by molar-refractivity contribution is 6.21. The topological polar surface area (TPSA) is 63.7 Å². The van der Waals surface area contributed by atoms with Crippen LogP contribution in [0.25, 0.3) is 0 Å². The van der Waals surface area contributed by atoms with E-state index in [1.54, 1.807) is 36.4 Å². The minimum absolute atomic E-state index is 0.206. The van der Waals surface area contributed by atoms with Crippen LogP contribution in [0.15, 0.2) is 48.5 Å². The molecule has 128 valence electrons. The van der Waals surface area contributed by atoms with Gasteiger partial charge in [0.15, 0.2) is 0 Å². The maximum atomic E-state index is 12.3. The molecule has 1 heterocycles. The fraction of sp³-hybridized carbons (Fsp3) is 0.250. The van der Waals surface area contributed by atoms with Crippen LogP contribution in [0.2, 0.25) is 0 Å². The predicted octanol–water partition coefficient (Wildman–Crippen LogP) is 3.09. The molecule has 25 heavy (non-hydrogen) atoms. The molecule has 0 saturated carbocycles. The lowest BCUT2D eigenvalue weighted by Crippen LogP contribution is -2.30. The molecule has 5 nitrogen and oxygen atoms in total. The van der Waals surface area contributed by atoms with Gasteiger partial charge in [-0.25, -0.2) is 4.79 Å². The fourth-order valence-corrected chi connectivity index (χ4v) is 2.97. The second-order valence-electron chi connectivity index (χ2n) is 5.95. The van der Waals surface area contributed by atoms with Crippen molar-refractivity contribution >= 4 is 17.8 Å². The number of amides is 2. The lowest BCUT2D eigenvalue weighted by molar-refractivity contribution is 0.0598. The van der Waals surface area contributed by atoms with Gasteiger partial charge in [0.2, 0.25) is 0 Å². The standard InChI is InChI=1S/C20H19NO4/c1-25-20(24)15-11-9-14(10-12-15)6-4-5-13-21-18(22)16-7-2-3-8-17(16)19(21)23/h2-3,7-12H,4-6,13H2,1H3. The molecule has 2 amide bonds. The molecule has 0 aromatic heterocycles. The Labute approximate surface area is 146 Å². The number of methoxy groups -OCH3 is 1. The van der Waals surface area contributed by atoms with Crippen molar-refractivity contribution in [1.29, 1.82) is 0 Å². The van der Waals surface area contributed by atoms with Crippen molar-refractivity contribution in [3.8, 4) is 0 Å². The second-order valence-corrected chi connectivity index (χ2v) is 5.95. The molecule has 0 fully saturated rings. The molecule has 2 aromatic rings. The molecule has 5 heteroatoms. The summed E-state index contributed by atoms with van der Waals surface area (Å²) in [6, 6.07) is 14.2. The third-order valence-electron chi connectivity index (χ3n) is 4.35. The van der Waals surface area contributed by atoms with E-state index in [0.29, 0.717) is 23.2 Å². The predicted molar refractivity (Wildman–Crippen MR) is 92.5 cm³/mol. The highest BCUT2D eigenvalue weighted by Crippen LogP contribution is 2.22. The van der Waals surface area contributed by atoms with E-state index < -0.39 is 0 Å². The van der Waals surface area contributed by atoms with Crippen LogP contribution >= 0.6 is 0 Å². The van der Waals surface area contributed by atoms with E-state index in [1.165, 1.54) is 12.0 Å². The van der Waals surface area contributed by atoms with E-state index in [4.69, 9.17) is 0 Å². The lowest BCUT2D eigenvalue weighted by Gasteiger charge is -2.13. The normalized spacial score (nSPS) is 13.1. The molecule has 1 aliphatic rings. The smallest absolute Gasteiger partial charge is 0.337 e. The summed E-state index contributed by atoms with van der Waals surface area (Å²) >= 11 is 0. The minimum atomic E-state index is -0.350. The number of nitrogens with zero attached hydrogens (tertiary/aromatic N) is 1. The van der Waals surface area contributed by atoms with E-state index in [2.05, 4.69) is 4.74 Å². The average molecular weight is 337 g/mol. The monoisotopic (exact) mass is 337 g/mol. The molecule has 1 aliphatic heterocycles. The molecule has 0 atom stereocenters. The summed E-state index contributed by atoms with van der Waals surface area (Å²) in [4.78, 5) is 37.2. The Hall–Kier alpha value is -2.95. The lowest BCUT2D eigenvalue weighted by atomic mass is 10.1. The van der Waals surface area contributed by atoms with Crippen LogP contribution in [0, 0.1) is 0 Å². The number of rotatable bonds is 6. The summed E-state index contributed by atoms with van der Waals surface area (Å²) in [5.41, 5.74) is 2.61. The number of imide groups is 1. The molecule has 0 spiro atoms. The molecule has 3 rings (SSSR count). The van der Waals surface area contributed by atoms with Crippen molar-refractivity contribution in [3.63, 3.8) is 0 Å². The zero-order chi connectivity index (χ0) is 17.8. The summed E-state index contributed by atoms with van der Waals surface area (Å²) in [6.07, 6.45) is 2.42. The van der Waals surface area contributed by atoms with Crippen molar-refractivity contribution in [1.82, 2.24) is 4.90 Å². The van der Waals surface area contributed by atoms with E-state index in [1.807, 2.05) is 12.1 Å². The van der Waals surface area contributed by atoms with Gasteiger partial charge in [-0.15, -0.1) is 0 Å². The fourth-order valence-electron chi connectivity index (χ4n) is 2.97. The summed E-state index contributed by atoms with van der Waals surface area (Å²) in [5.74, 6) is -0.761. The highest BCUT2D eigenvalue weighted by atomic mass is 16.5. The first-order valence-corrected chi connectivity index (χ1v) is 8.24. The number of carbonyl (C=O) groups excluding carboxylic acids is 3. The van der Waals surface area contributed by atoms with Gasteiger partial charge in [0.05, 0.1) is 23.8 Å². The number of aryl methyl sites for hydroxylation is 1. The van der Waals surface area contributed by atoms with Gasteiger partial charge in [-0.05, 0) is 49.1 Å². The molecule has 0 aliphatic carbocycles. The summed E-state index contributed by atoms with van der Waals surface area (Å²) in [6.45, 7) is 0.423. The number of unbranched alkanes of at least 4 members (excludes halogenated alkanes) is 1. The van der Waals surface area contributed by atoms with Crippen molar-refractivity contribution in [2.75, 3.05) is 13.7 Å². The van der Waals surface area contributed by atoms with Crippen molar-refractivity contribution in [2.24, 2.45) is 0 Å². The largest absolute Gasteiger partial charge is 0.465 e. The Bertz CT molecular complexity index is 776. The quantitative estimate of drug-likeness (QED) is 0.462. The van der Waals surface area contributed by atoms with Gasteiger partial charge in [0.1, 0.15) is 0 Å². The van der Waals surface area contributed by atoms with Crippen LogP contribution < -0.4 is 0 Å². The second kappa shape index (κ2) is 7.30. The summed E-state index contributed by atoms with van der Waals surface area (Å²) in [7, 11) is 1.36. The van der Waals surface area contributed by atoms with Gasteiger partial charge in [-0.1, -0.05) is 24.3 Å². The van der Waals surface area contributed by atoms with Gasteiger partial charge in [-0.3, -0.25) is 14.5 Å². The van der Waals surface area contributed by atoms with E-state index >= 15 is 0 Å². The zero-order valence-corrected chi connectivity index (χ0v) is 14.0. The number of esters is 1. The van der Waals surface area contributed by atoms with Crippen molar-refractivity contribution in [3.05, 3.63) is 70.8 Å². The van der Waals surface area contributed by atoms with Gasteiger partial charge >= 0.3 is 5.97 Å². The average Bonchev–Trinajstić information content (AvgIpc) is 2.90. The number of fused-ring (bicyclic) bond motifs is 1. The molecule has 0 N–H and O–H groups in total. The van der Waals surface area contributed by atoms with Crippen LogP contribution in [0.4, 0.5) is 0 Å². The van der Waals surface area contributed by atoms with E-state index in [-0.39, 0.29) is 17.8 Å². The Morgan fingerprint density at radius 2 is 1.52 bits per heavy atom. The van der Waals surface area contributed by atoms with Gasteiger partial charge in [-0.2, -0.15) is 0 Å². The maximum Gasteiger partial charge on any atom is 0.337 e. The van der Waals surface area contributed by atoms with E-state index in [9.17, 15) is 14.4 Å². The summed E-state index contributed by atoms with van der Waals surface area (Å²) in [5, 5.41) is 0. The van der Waals surface area contributed by atoms with Gasteiger partial charge in [0.25, 0.3) is 11.8 Å². The zero-order valence-electron chi connectivity index (χ0n) is 14.0. The maximum absolute atomic E-state index is 12.3. The minimum Gasteiger partial charge on any atom is -0.465 e. The third kappa shape index (κ3) is 3.45. The summed E-state index contributed by atoms with van der Waals surface area (Å²) < 4.78 is 4.67. The van der Waals surface area contributed by atoms with E-state index in [0.717, 1.165) is 24.8 Å². The van der Waals surface area contributed by atoms with Crippen molar-refractivity contribution in [2.45, 2.75) is 19.3 Å². The highest BCUT2D eigenvalue weighted by Gasteiger charge is 2.34. The molecule has 2 aromatic carbocycles. The Morgan fingerprint density at radius 1 is 0.920 bits per heavy atom. The molecule has 0 bridgehead atoms. The first-order chi connectivity index (χ1) is 12.1. The van der Waals surface area contributed by atoms with Crippen LogP contribution in [0.5, 0.6) is 0 Å². The Kier molecular flexibility index (Phi) is 4.93. The number of hydrogen-bond acceptors (Lipinski definition) is 4. The van der Waals surface area contributed by atoms with Crippen LogP contribution in [0.1, 0.15) is 49.5 Å². The molecular formula is C20H19NO4.